The van der Waals surface area contributed by atoms with Gasteiger partial charge in [-0.25, -0.2) is 4.98 Å². The first-order valence-corrected chi connectivity index (χ1v) is 6.42. The summed E-state index contributed by atoms with van der Waals surface area (Å²) in [5, 5.41) is 5.96. The molecule has 0 bridgehead atoms. The van der Waals surface area contributed by atoms with Crippen molar-refractivity contribution >= 4 is 17.5 Å². The quantitative estimate of drug-likeness (QED) is 0.896. The van der Waals surface area contributed by atoms with Crippen LogP contribution < -0.4 is 10.6 Å². The molecule has 0 aliphatic carbocycles. The number of benzene rings is 1. The van der Waals surface area contributed by atoms with E-state index in [9.17, 15) is 13.2 Å². The van der Waals surface area contributed by atoms with Crippen LogP contribution in [-0.4, -0.2) is 16.5 Å². The second-order valence-corrected chi connectivity index (χ2v) is 4.45. The van der Waals surface area contributed by atoms with E-state index in [0.29, 0.717) is 24.0 Å². The van der Waals surface area contributed by atoms with Crippen LogP contribution in [0.3, 0.4) is 0 Å². The molecule has 112 valence electrons. The number of aryl methyl sites for hydroxylation is 1. The Hall–Kier alpha value is -2.31. The Morgan fingerprint density at radius 2 is 1.76 bits per heavy atom. The summed E-state index contributed by atoms with van der Waals surface area (Å²) >= 11 is 0. The van der Waals surface area contributed by atoms with Crippen LogP contribution in [0.15, 0.2) is 30.3 Å². The maximum atomic E-state index is 12.5. The van der Waals surface area contributed by atoms with Gasteiger partial charge in [0, 0.05) is 24.0 Å². The summed E-state index contributed by atoms with van der Waals surface area (Å²) in [6, 6.07) is 6.52. The van der Waals surface area contributed by atoms with Gasteiger partial charge in [-0.3, -0.25) is 0 Å². The van der Waals surface area contributed by atoms with E-state index in [1.807, 2.05) is 13.8 Å². The first-order valence-electron chi connectivity index (χ1n) is 6.42. The lowest BCUT2D eigenvalue weighted by Crippen LogP contribution is -2.06. The average molecular weight is 296 g/mol. The van der Waals surface area contributed by atoms with E-state index in [0.717, 1.165) is 17.8 Å². The molecular weight excluding hydrogens is 281 g/mol. The highest BCUT2D eigenvalue weighted by atomic mass is 19.4. The van der Waals surface area contributed by atoms with E-state index in [-0.39, 0.29) is 0 Å². The zero-order chi connectivity index (χ0) is 15.5. The molecule has 0 atom stereocenters. The number of halogens is 3. The van der Waals surface area contributed by atoms with E-state index >= 15 is 0 Å². The molecule has 1 aromatic heterocycles. The lowest BCUT2D eigenvalue weighted by atomic mass is 10.2. The fraction of sp³-hybridized carbons (Fsp3) is 0.286. The second kappa shape index (κ2) is 5.99. The van der Waals surface area contributed by atoms with Gasteiger partial charge in [0.2, 0.25) is 5.95 Å². The number of hydrogen-bond acceptors (Lipinski definition) is 4. The number of nitrogens with zero attached hydrogens (tertiary/aromatic N) is 2. The first kappa shape index (κ1) is 15.1. The monoisotopic (exact) mass is 296 g/mol. The Morgan fingerprint density at radius 1 is 1.10 bits per heavy atom. The molecule has 21 heavy (non-hydrogen) atoms. The van der Waals surface area contributed by atoms with Gasteiger partial charge in [0.15, 0.2) is 0 Å². The Kier molecular flexibility index (Phi) is 4.30. The lowest BCUT2D eigenvalue weighted by Gasteiger charge is -2.10. The van der Waals surface area contributed by atoms with Gasteiger partial charge in [-0.05, 0) is 38.1 Å². The summed E-state index contributed by atoms with van der Waals surface area (Å²) < 4.78 is 37.5. The van der Waals surface area contributed by atoms with Gasteiger partial charge in [0.05, 0.1) is 5.56 Å². The van der Waals surface area contributed by atoms with Crippen LogP contribution in [0.2, 0.25) is 0 Å². The van der Waals surface area contributed by atoms with Gasteiger partial charge < -0.3 is 10.6 Å². The third-order valence-corrected chi connectivity index (χ3v) is 2.67. The topological polar surface area (TPSA) is 49.8 Å². The summed E-state index contributed by atoms with van der Waals surface area (Å²) in [6.07, 6.45) is -4.33. The van der Waals surface area contributed by atoms with Crippen LogP contribution in [0.5, 0.6) is 0 Å². The van der Waals surface area contributed by atoms with Gasteiger partial charge in [-0.1, -0.05) is 0 Å². The molecule has 0 spiro atoms. The van der Waals surface area contributed by atoms with Gasteiger partial charge in [-0.15, -0.1) is 0 Å². The Labute approximate surface area is 120 Å². The highest BCUT2D eigenvalue weighted by Gasteiger charge is 2.29. The molecule has 0 amide bonds. The average Bonchev–Trinajstić information content (AvgIpc) is 2.38. The molecule has 2 N–H and O–H groups in total. The minimum atomic E-state index is -4.33. The standard InChI is InChI=1S/C14H15F3N4/c1-3-18-13-19-9(2)8-12(21-13)20-11-6-4-10(5-7-11)14(15,16)17/h4-8H,3H2,1-2H3,(H2,18,19,20,21). The second-order valence-electron chi connectivity index (χ2n) is 4.45. The summed E-state index contributed by atoms with van der Waals surface area (Å²) in [5.41, 5.74) is 0.610. The molecular formula is C14H15F3N4. The number of alkyl halides is 3. The van der Waals surface area contributed by atoms with Crippen molar-refractivity contribution < 1.29 is 13.2 Å². The van der Waals surface area contributed by atoms with Crippen molar-refractivity contribution in [1.29, 1.82) is 0 Å². The van der Waals surface area contributed by atoms with Crippen molar-refractivity contribution in [2.24, 2.45) is 0 Å². The molecule has 0 fully saturated rings. The predicted molar refractivity (Wildman–Crippen MR) is 75.7 cm³/mol. The normalized spacial score (nSPS) is 11.3. The summed E-state index contributed by atoms with van der Waals surface area (Å²) in [5.74, 6) is 1.00. The van der Waals surface area contributed by atoms with Crippen LogP contribution in [0, 0.1) is 6.92 Å². The highest BCUT2D eigenvalue weighted by molar-refractivity contribution is 5.58. The maximum absolute atomic E-state index is 12.5. The molecule has 0 radical (unpaired) electrons. The zero-order valence-electron chi connectivity index (χ0n) is 11.6. The molecule has 0 saturated carbocycles. The molecule has 2 rings (SSSR count). The van der Waals surface area contributed by atoms with Gasteiger partial charge >= 0.3 is 6.18 Å². The minimum Gasteiger partial charge on any atom is -0.354 e. The minimum absolute atomic E-state index is 0.479. The lowest BCUT2D eigenvalue weighted by molar-refractivity contribution is -0.137. The molecule has 4 nitrogen and oxygen atoms in total. The smallest absolute Gasteiger partial charge is 0.354 e. The number of aromatic nitrogens is 2. The number of rotatable bonds is 4. The van der Waals surface area contributed by atoms with E-state index in [1.165, 1.54) is 12.1 Å². The Balaban J connectivity index is 2.18. The predicted octanol–water partition coefficient (Wildman–Crippen LogP) is 3.98. The molecule has 0 saturated heterocycles. The van der Waals surface area contributed by atoms with E-state index in [2.05, 4.69) is 20.6 Å². The van der Waals surface area contributed by atoms with Crippen molar-refractivity contribution in [3.8, 4) is 0 Å². The highest BCUT2D eigenvalue weighted by Crippen LogP contribution is 2.30. The maximum Gasteiger partial charge on any atom is 0.416 e. The summed E-state index contributed by atoms with van der Waals surface area (Å²) in [6.45, 7) is 4.43. The SMILES string of the molecule is CCNc1nc(C)cc(Nc2ccc(C(F)(F)F)cc2)n1. The summed E-state index contributed by atoms with van der Waals surface area (Å²) in [4.78, 5) is 8.43. The van der Waals surface area contributed by atoms with Crippen molar-refractivity contribution in [2.45, 2.75) is 20.0 Å². The molecule has 0 aliphatic heterocycles. The van der Waals surface area contributed by atoms with Crippen molar-refractivity contribution in [1.82, 2.24) is 9.97 Å². The summed E-state index contributed by atoms with van der Waals surface area (Å²) in [7, 11) is 0. The van der Waals surface area contributed by atoms with Crippen LogP contribution in [-0.2, 0) is 6.18 Å². The fourth-order valence-corrected chi connectivity index (χ4v) is 1.76. The molecule has 2 aromatic rings. The number of nitrogens with one attached hydrogen (secondary N) is 2. The fourth-order valence-electron chi connectivity index (χ4n) is 1.76. The van der Waals surface area contributed by atoms with Crippen LogP contribution in [0.1, 0.15) is 18.2 Å². The van der Waals surface area contributed by atoms with Crippen LogP contribution in [0.25, 0.3) is 0 Å². The molecule has 1 aromatic carbocycles. The van der Waals surface area contributed by atoms with Gasteiger partial charge in [0.1, 0.15) is 5.82 Å². The van der Waals surface area contributed by atoms with Crippen LogP contribution in [0.4, 0.5) is 30.6 Å². The molecule has 0 aliphatic rings. The number of anilines is 3. The Bertz CT molecular complexity index is 609. The van der Waals surface area contributed by atoms with E-state index in [1.54, 1.807) is 6.07 Å². The van der Waals surface area contributed by atoms with Crippen molar-refractivity contribution in [3.05, 3.63) is 41.6 Å². The van der Waals surface area contributed by atoms with Gasteiger partial charge in [0.25, 0.3) is 0 Å². The Morgan fingerprint density at radius 3 is 2.33 bits per heavy atom. The van der Waals surface area contributed by atoms with E-state index < -0.39 is 11.7 Å². The van der Waals surface area contributed by atoms with Crippen molar-refractivity contribution in [2.75, 3.05) is 17.2 Å². The number of hydrogen-bond donors (Lipinski definition) is 2. The van der Waals surface area contributed by atoms with Crippen molar-refractivity contribution in [3.63, 3.8) is 0 Å². The molecule has 7 heteroatoms. The largest absolute Gasteiger partial charge is 0.416 e. The zero-order valence-corrected chi connectivity index (χ0v) is 11.6. The third-order valence-electron chi connectivity index (χ3n) is 2.67. The van der Waals surface area contributed by atoms with Gasteiger partial charge in [-0.2, -0.15) is 18.2 Å². The molecule has 0 unspecified atom stereocenters. The molecule has 1 heterocycles. The third kappa shape index (κ3) is 4.08. The first-order chi connectivity index (χ1) is 9.88. The van der Waals surface area contributed by atoms with E-state index in [4.69, 9.17) is 0 Å². The van der Waals surface area contributed by atoms with Crippen LogP contribution >= 0.6 is 0 Å².